The fourth-order valence-corrected chi connectivity index (χ4v) is 6.63. The Balaban J connectivity index is 1.74. The zero-order chi connectivity index (χ0) is 30.1. The van der Waals surface area contributed by atoms with Gasteiger partial charge in [0.25, 0.3) is 0 Å². The lowest BCUT2D eigenvalue weighted by Gasteiger charge is -2.35. The molecule has 1 aliphatic rings. The fourth-order valence-electron chi connectivity index (χ4n) is 5.75. The maximum atomic E-state index is 14.3. The van der Waals surface area contributed by atoms with E-state index < -0.39 is 28.5 Å². The Kier molecular flexibility index (Phi) is 10.8. The number of benzene rings is 3. The van der Waals surface area contributed by atoms with Crippen molar-refractivity contribution in [1.82, 2.24) is 10.2 Å². The van der Waals surface area contributed by atoms with Crippen molar-refractivity contribution in [2.75, 3.05) is 17.1 Å². The van der Waals surface area contributed by atoms with Crippen molar-refractivity contribution in [2.24, 2.45) is 0 Å². The SMILES string of the molecule is CCc1ccccc1N(CC(=O)N(Cc1cccc(C)c1)[C@@H](Cc1ccccc1)C(=O)NC1CCCCC1)S(C)(=O)=O. The van der Waals surface area contributed by atoms with Gasteiger partial charge in [0, 0.05) is 19.0 Å². The molecule has 1 fully saturated rings. The third kappa shape index (κ3) is 8.44. The van der Waals surface area contributed by atoms with Gasteiger partial charge in [-0.3, -0.25) is 13.9 Å². The van der Waals surface area contributed by atoms with Gasteiger partial charge in [0.15, 0.2) is 0 Å². The molecule has 0 saturated heterocycles. The number of hydrogen-bond donors (Lipinski definition) is 1. The summed E-state index contributed by atoms with van der Waals surface area (Å²) in [6.07, 6.45) is 7.20. The van der Waals surface area contributed by atoms with Crippen LogP contribution in [0.15, 0.2) is 78.9 Å². The number of anilines is 1. The van der Waals surface area contributed by atoms with Crippen molar-refractivity contribution in [3.8, 4) is 0 Å². The van der Waals surface area contributed by atoms with Crippen LogP contribution >= 0.6 is 0 Å². The normalized spacial score (nSPS) is 14.6. The molecule has 0 aromatic heterocycles. The highest BCUT2D eigenvalue weighted by atomic mass is 32.2. The predicted molar refractivity (Wildman–Crippen MR) is 169 cm³/mol. The summed E-state index contributed by atoms with van der Waals surface area (Å²) in [7, 11) is -3.80. The van der Waals surface area contributed by atoms with Gasteiger partial charge in [-0.2, -0.15) is 0 Å². The summed E-state index contributed by atoms with van der Waals surface area (Å²) in [5, 5.41) is 3.24. The largest absolute Gasteiger partial charge is 0.352 e. The molecule has 4 rings (SSSR count). The molecule has 8 heteroatoms. The molecule has 3 aromatic rings. The Labute approximate surface area is 251 Å². The van der Waals surface area contributed by atoms with Crippen molar-refractivity contribution in [3.63, 3.8) is 0 Å². The van der Waals surface area contributed by atoms with Crippen LogP contribution in [-0.2, 0) is 39.0 Å². The number of rotatable bonds is 12. The van der Waals surface area contributed by atoms with E-state index in [0.717, 1.165) is 54.2 Å². The number of nitrogens with one attached hydrogen (secondary N) is 1. The number of hydrogen-bond acceptors (Lipinski definition) is 4. The lowest BCUT2D eigenvalue weighted by molar-refractivity contribution is -0.140. The summed E-state index contributed by atoms with van der Waals surface area (Å²) >= 11 is 0. The highest BCUT2D eigenvalue weighted by molar-refractivity contribution is 7.92. The van der Waals surface area contributed by atoms with Gasteiger partial charge in [0.1, 0.15) is 12.6 Å². The van der Waals surface area contributed by atoms with Gasteiger partial charge < -0.3 is 10.2 Å². The van der Waals surface area contributed by atoms with Crippen LogP contribution in [0, 0.1) is 6.92 Å². The number of nitrogens with zero attached hydrogens (tertiary/aromatic N) is 2. The van der Waals surface area contributed by atoms with E-state index in [1.54, 1.807) is 17.0 Å². The molecule has 2 amide bonds. The van der Waals surface area contributed by atoms with E-state index in [4.69, 9.17) is 0 Å². The number of carbonyl (C=O) groups is 2. The van der Waals surface area contributed by atoms with Gasteiger partial charge in [-0.15, -0.1) is 0 Å². The van der Waals surface area contributed by atoms with Crippen LogP contribution in [0.1, 0.15) is 61.3 Å². The Hall–Kier alpha value is -3.65. The minimum absolute atomic E-state index is 0.0735. The summed E-state index contributed by atoms with van der Waals surface area (Å²) < 4.78 is 27.4. The molecule has 0 bridgehead atoms. The number of carbonyl (C=O) groups excluding carboxylic acids is 2. The van der Waals surface area contributed by atoms with E-state index in [-0.39, 0.29) is 18.5 Å². The first-order chi connectivity index (χ1) is 20.2. The van der Waals surface area contributed by atoms with E-state index in [9.17, 15) is 18.0 Å². The third-order valence-corrected chi connectivity index (χ3v) is 9.10. The Morgan fingerprint density at radius 1 is 0.905 bits per heavy atom. The number of sulfonamides is 1. The second-order valence-electron chi connectivity index (χ2n) is 11.3. The average molecular weight is 590 g/mol. The lowest BCUT2D eigenvalue weighted by atomic mass is 9.94. The summed E-state index contributed by atoms with van der Waals surface area (Å²) in [5.41, 5.74) is 4.17. The summed E-state index contributed by atoms with van der Waals surface area (Å²) in [4.78, 5) is 29.9. The van der Waals surface area contributed by atoms with Crippen molar-refractivity contribution in [3.05, 3.63) is 101 Å². The summed E-state index contributed by atoms with van der Waals surface area (Å²) in [6, 6.07) is 24.0. The molecule has 0 spiro atoms. The number of para-hydroxylation sites is 1. The van der Waals surface area contributed by atoms with Crippen LogP contribution < -0.4 is 9.62 Å². The van der Waals surface area contributed by atoms with Crippen LogP contribution in [0.2, 0.25) is 0 Å². The Morgan fingerprint density at radius 2 is 1.57 bits per heavy atom. The van der Waals surface area contributed by atoms with Gasteiger partial charge in [0.2, 0.25) is 21.8 Å². The van der Waals surface area contributed by atoms with Gasteiger partial charge in [-0.05, 0) is 48.9 Å². The van der Waals surface area contributed by atoms with Crippen molar-refractivity contribution in [1.29, 1.82) is 0 Å². The maximum absolute atomic E-state index is 14.3. The molecular weight excluding hydrogens is 546 g/mol. The first kappa shape index (κ1) is 31.3. The molecule has 42 heavy (non-hydrogen) atoms. The zero-order valence-corrected chi connectivity index (χ0v) is 25.8. The van der Waals surface area contributed by atoms with Crippen LogP contribution in [-0.4, -0.2) is 50.0 Å². The minimum atomic E-state index is -3.80. The molecule has 1 aliphatic carbocycles. The van der Waals surface area contributed by atoms with Crippen LogP contribution in [0.25, 0.3) is 0 Å². The molecule has 0 radical (unpaired) electrons. The van der Waals surface area contributed by atoms with E-state index >= 15 is 0 Å². The topological polar surface area (TPSA) is 86.8 Å². The van der Waals surface area contributed by atoms with Crippen LogP contribution in [0.3, 0.4) is 0 Å². The first-order valence-corrected chi connectivity index (χ1v) is 16.8. The molecule has 0 unspecified atom stereocenters. The highest BCUT2D eigenvalue weighted by Gasteiger charge is 2.34. The predicted octanol–water partition coefficient (Wildman–Crippen LogP) is 5.41. The average Bonchev–Trinajstić information content (AvgIpc) is 2.98. The molecule has 1 N–H and O–H groups in total. The van der Waals surface area contributed by atoms with Gasteiger partial charge in [0.05, 0.1) is 11.9 Å². The standard InChI is InChI=1S/C34H43N3O4S/c1-4-29-18-11-12-21-31(29)37(42(3,40)41)25-33(38)36(24-28-17-13-14-26(2)22-28)32(23-27-15-7-5-8-16-27)34(39)35-30-19-9-6-10-20-30/h5,7-8,11-18,21-22,30,32H,4,6,9-10,19-20,23-25H2,1-3H3,(H,35,39)/t32-/m0/s1. The molecule has 0 aliphatic heterocycles. The molecule has 7 nitrogen and oxygen atoms in total. The van der Waals surface area contributed by atoms with Crippen molar-refractivity contribution < 1.29 is 18.0 Å². The van der Waals surface area contributed by atoms with Crippen molar-refractivity contribution >= 4 is 27.5 Å². The molecule has 1 saturated carbocycles. The van der Waals surface area contributed by atoms with E-state index in [1.165, 1.54) is 10.7 Å². The van der Waals surface area contributed by atoms with E-state index in [0.29, 0.717) is 18.5 Å². The number of amides is 2. The van der Waals surface area contributed by atoms with E-state index in [2.05, 4.69) is 5.32 Å². The Morgan fingerprint density at radius 3 is 2.24 bits per heavy atom. The molecular formula is C34H43N3O4S. The Bertz CT molecular complexity index is 1450. The monoisotopic (exact) mass is 589 g/mol. The molecule has 0 heterocycles. The summed E-state index contributed by atoms with van der Waals surface area (Å²) in [5.74, 6) is -0.626. The quantitative estimate of drug-likeness (QED) is 0.306. The van der Waals surface area contributed by atoms with Crippen molar-refractivity contribution in [2.45, 2.75) is 77.4 Å². The van der Waals surface area contributed by atoms with Gasteiger partial charge >= 0.3 is 0 Å². The second kappa shape index (κ2) is 14.5. The minimum Gasteiger partial charge on any atom is -0.352 e. The molecule has 1 atom stereocenters. The lowest BCUT2D eigenvalue weighted by Crippen LogP contribution is -2.55. The van der Waals surface area contributed by atoms with Gasteiger partial charge in [-0.1, -0.05) is 105 Å². The van der Waals surface area contributed by atoms with E-state index in [1.807, 2.05) is 80.6 Å². The maximum Gasteiger partial charge on any atom is 0.244 e. The zero-order valence-electron chi connectivity index (χ0n) is 25.0. The van der Waals surface area contributed by atoms with Gasteiger partial charge in [-0.25, -0.2) is 8.42 Å². The summed E-state index contributed by atoms with van der Waals surface area (Å²) in [6.45, 7) is 3.73. The fraction of sp³-hybridized carbons (Fsp3) is 0.412. The number of aryl methyl sites for hydroxylation is 2. The first-order valence-electron chi connectivity index (χ1n) is 14.9. The third-order valence-electron chi connectivity index (χ3n) is 7.98. The smallest absolute Gasteiger partial charge is 0.244 e. The highest BCUT2D eigenvalue weighted by Crippen LogP contribution is 2.25. The molecule has 3 aromatic carbocycles. The van der Waals surface area contributed by atoms with Crippen LogP contribution in [0.5, 0.6) is 0 Å². The molecule has 224 valence electrons. The second-order valence-corrected chi connectivity index (χ2v) is 13.2. The van der Waals surface area contributed by atoms with Crippen LogP contribution in [0.4, 0.5) is 5.69 Å².